The third-order valence-electron chi connectivity index (χ3n) is 5.16. The van der Waals surface area contributed by atoms with Crippen molar-refractivity contribution in [2.45, 2.75) is 32.2 Å². The van der Waals surface area contributed by atoms with E-state index in [1.165, 1.54) is 18.2 Å². The van der Waals surface area contributed by atoms with Crippen molar-refractivity contribution in [1.82, 2.24) is 5.32 Å². The second-order valence-electron chi connectivity index (χ2n) is 7.13. The second-order valence-corrected chi connectivity index (χ2v) is 7.13. The van der Waals surface area contributed by atoms with Gasteiger partial charge < -0.3 is 15.4 Å². The molecular weight excluding hydrogens is 374 g/mol. The lowest BCUT2D eigenvalue weighted by molar-refractivity contribution is -0.385. The number of nitrogens with zero attached hydrogens (tertiary/aromatic N) is 1. The molecule has 0 unspecified atom stereocenters. The average Bonchev–Trinajstić information content (AvgIpc) is 3.18. The molecule has 0 radical (unpaired) electrons. The summed E-state index contributed by atoms with van der Waals surface area (Å²) in [7, 11) is 1.58. The third-order valence-corrected chi connectivity index (χ3v) is 5.16. The molecule has 2 aromatic rings. The molecular formula is C21H23N3O5. The Bertz CT molecular complexity index is 944. The Balaban J connectivity index is 1.59. The maximum atomic E-state index is 12.6. The highest BCUT2D eigenvalue weighted by Gasteiger charge is 2.32. The van der Waals surface area contributed by atoms with Crippen molar-refractivity contribution in [3.63, 3.8) is 0 Å². The van der Waals surface area contributed by atoms with Gasteiger partial charge in [-0.25, -0.2) is 0 Å². The number of hydrogen-bond donors (Lipinski definition) is 2. The van der Waals surface area contributed by atoms with Crippen molar-refractivity contribution < 1.29 is 19.2 Å². The number of anilines is 1. The van der Waals surface area contributed by atoms with Gasteiger partial charge in [0.05, 0.1) is 12.0 Å². The maximum absolute atomic E-state index is 12.6. The van der Waals surface area contributed by atoms with Gasteiger partial charge in [0.2, 0.25) is 5.91 Å². The number of rotatable bonds is 6. The number of methoxy groups -OCH3 is 1. The zero-order valence-corrected chi connectivity index (χ0v) is 16.3. The van der Waals surface area contributed by atoms with Crippen molar-refractivity contribution in [2.75, 3.05) is 12.4 Å². The van der Waals surface area contributed by atoms with Crippen LogP contribution in [0.15, 0.2) is 42.5 Å². The number of carbonyl (C=O) groups is 2. The van der Waals surface area contributed by atoms with Crippen LogP contribution in [0.1, 0.15) is 35.2 Å². The molecule has 3 rings (SSSR count). The molecule has 0 bridgehead atoms. The number of ether oxygens (including phenoxy) is 1. The maximum Gasteiger partial charge on any atom is 0.282 e. The summed E-state index contributed by atoms with van der Waals surface area (Å²) < 4.78 is 5.28. The van der Waals surface area contributed by atoms with E-state index in [0.717, 1.165) is 5.56 Å². The molecule has 2 N–H and O–H groups in total. The van der Waals surface area contributed by atoms with Crippen molar-refractivity contribution in [1.29, 1.82) is 0 Å². The molecule has 1 saturated carbocycles. The quantitative estimate of drug-likeness (QED) is 0.573. The molecule has 0 heterocycles. The first kappa shape index (κ1) is 20.3. The van der Waals surface area contributed by atoms with Crippen LogP contribution in [0.2, 0.25) is 0 Å². The van der Waals surface area contributed by atoms with Crippen molar-refractivity contribution in [3.8, 4) is 5.75 Å². The molecule has 0 aromatic heterocycles. The van der Waals surface area contributed by atoms with E-state index < -0.39 is 10.8 Å². The number of benzene rings is 2. The van der Waals surface area contributed by atoms with Gasteiger partial charge in [-0.2, -0.15) is 0 Å². The summed E-state index contributed by atoms with van der Waals surface area (Å²) in [5, 5.41) is 16.8. The minimum atomic E-state index is -0.574. The minimum absolute atomic E-state index is 0.0251. The number of aryl methyl sites for hydroxylation is 1. The van der Waals surface area contributed by atoms with Crippen molar-refractivity contribution in [3.05, 3.63) is 63.7 Å². The predicted molar refractivity (Wildman–Crippen MR) is 108 cm³/mol. The smallest absolute Gasteiger partial charge is 0.282 e. The molecule has 8 nitrogen and oxygen atoms in total. The zero-order chi connectivity index (χ0) is 21.0. The molecule has 0 saturated heterocycles. The predicted octanol–water partition coefficient (Wildman–Crippen LogP) is 3.45. The monoisotopic (exact) mass is 397 g/mol. The lowest BCUT2D eigenvalue weighted by Gasteiger charge is -2.14. The van der Waals surface area contributed by atoms with Crippen LogP contribution in [0.3, 0.4) is 0 Å². The Labute approximate surface area is 168 Å². The van der Waals surface area contributed by atoms with E-state index in [4.69, 9.17) is 4.74 Å². The van der Waals surface area contributed by atoms with Crippen LogP contribution in [-0.2, 0) is 4.79 Å². The van der Waals surface area contributed by atoms with E-state index in [2.05, 4.69) is 10.6 Å². The van der Waals surface area contributed by atoms with Gasteiger partial charge in [0.15, 0.2) is 0 Å². The Morgan fingerprint density at radius 3 is 2.66 bits per heavy atom. The van der Waals surface area contributed by atoms with E-state index in [0.29, 0.717) is 30.7 Å². The second kappa shape index (κ2) is 8.72. The van der Waals surface area contributed by atoms with Gasteiger partial charge in [0.1, 0.15) is 11.3 Å². The Hall–Kier alpha value is -3.42. The van der Waals surface area contributed by atoms with Gasteiger partial charge in [-0.1, -0.05) is 18.2 Å². The van der Waals surface area contributed by atoms with Crippen LogP contribution in [0.5, 0.6) is 5.75 Å². The molecule has 0 spiro atoms. The molecule has 1 aliphatic rings. The summed E-state index contributed by atoms with van der Waals surface area (Å²) in [6, 6.07) is 11.1. The van der Waals surface area contributed by atoms with Gasteiger partial charge in [-0.3, -0.25) is 19.7 Å². The molecule has 0 aliphatic heterocycles. The molecule has 8 heteroatoms. The van der Waals surface area contributed by atoms with Gasteiger partial charge in [-0.15, -0.1) is 0 Å². The standard InChI is InChI=1S/C21H23N3O5/c1-13-7-9-16(12-19(13)29-2)22-20(25)14-8-10-15(11-14)23-21(26)17-5-3-4-6-18(17)24(27)28/h3-7,9,12,14-15H,8,10-11H2,1-2H3,(H,22,25)(H,23,26)/t14-,15+/m1/s1. The minimum Gasteiger partial charge on any atom is -0.496 e. The number of nitrogens with one attached hydrogen (secondary N) is 2. The van der Waals surface area contributed by atoms with Gasteiger partial charge in [0.25, 0.3) is 11.6 Å². The lowest BCUT2D eigenvalue weighted by atomic mass is 10.1. The number of para-hydroxylation sites is 1. The van der Waals surface area contributed by atoms with E-state index in [9.17, 15) is 19.7 Å². The molecule has 152 valence electrons. The molecule has 2 atom stereocenters. The number of amides is 2. The summed E-state index contributed by atoms with van der Waals surface area (Å²) in [6.07, 6.45) is 1.76. The fourth-order valence-corrected chi connectivity index (χ4v) is 3.58. The van der Waals surface area contributed by atoms with Gasteiger partial charge in [-0.05, 0) is 43.9 Å². The summed E-state index contributed by atoms with van der Waals surface area (Å²) >= 11 is 0. The van der Waals surface area contributed by atoms with Crippen molar-refractivity contribution in [2.24, 2.45) is 5.92 Å². The van der Waals surface area contributed by atoms with Crippen LogP contribution < -0.4 is 15.4 Å². The summed E-state index contributed by atoms with van der Waals surface area (Å²) in [4.78, 5) is 35.6. The fraction of sp³-hybridized carbons (Fsp3) is 0.333. The van der Waals surface area contributed by atoms with E-state index >= 15 is 0 Å². The van der Waals surface area contributed by atoms with E-state index in [-0.39, 0.29) is 29.1 Å². The van der Waals surface area contributed by atoms with Crippen molar-refractivity contribution >= 4 is 23.2 Å². The van der Waals surface area contributed by atoms with Gasteiger partial charge >= 0.3 is 0 Å². The number of hydrogen-bond acceptors (Lipinski definition) is 5. The topological polar surface area (TPSA) is 111 Å². The molecule has 1 fully saturated rings. The number of carbonyl (C=O) groups excluding carboxylic acids is 2. The van der Waals surface area contributed by atoms with Crippen LogP contribution in [0.4, 0.5) is 11.4 Å². The van der Waals surface area contributed by atoms with Gasteiger partial charge in [0, 0.05) is 29.8 Å². The lowest BCUT2D eigenvalue weighted by Crippen LogP contribution is -2.34. The van der Waals surface area contributed by atoms with Crippen LogP contribution in [0.25, 0.3) is 0 Å². The fourth-order valence-electron chi connectivity index (χ4n) is 3.58. The van der Waals surface area contributed by atoms with Crippen LogP contribution in [-0.4, -0.2) is 29.9 Å². The molecule has 29 heavy (non-hydrogen) atoms. The first-order valence-electron chi connectivity index (χ1n) is 9.39. The number of nitro benzene ring substituents is 1. The highest BCUT2D eigenvalue weighted by molar-refractivity contribution is 5.98. The first-order valence-corrected chi connectivity index (χ1v) is 9.39. The average molecular weight is 397 g/mol. The molecule has 2 aromatic carbocycles. The Morgan fingerprint density at radius 2 is 1.93 bits per heavy atom. The molecule has 2 amide bonds. The third kappa shape index (κ3) is 4.71. The van der Waals surface area contributed by atoms with E-state index in [1.54, 1.807) is 19.2 Å². The number of nitro groups is 1. The summed E-state index contributed by atoms with van der Waals surface area (Å²) in [5.41, 5.74) is 1.43. The Morgan fingerprint density at radius 1 is 1.17 bits per heavy atom. The summed E-state index contributed by atoms with van der Waals surface area (Å²) in [5.74, 6) is -0.146. The van der Waals surface area contributed by atoms with Crippen LogP contribution in [0, 0.1) is 23.0 Å². The SMILES string of the molecule is COc1cc(NC(=O)[C@@H]2CC[C@H](NC(=O)c3ccccc3[N+](=O)[O-])C2)ccc1C. The zero-order valence-electron chi connectivity index (χ0n) is 16.3. The highest BCUT2D eigenvalue weighted by Crippen LogP contribution is 2.29. The summed E-state index contributed by atoms with van der Waals surface area (Å²) in [6.45, 7) is 1.92. The van der Waals surface area contributed by atoms with Crippen LogP contribution >= 0.6 is 0 Å². The highest BCUT2D eigenvalue weighted by atomic mass is 16.6. The normalized spacial score (nSPS) is 18.1. The molecule has 1 aliphatic carbocycles. The van der Waals surface area contributed by atoms with E-state index in [1.807, 2.05) is 19.1 Å². The Kier molecular flexibility index (Phi) is 6.11. The first-order chi connectivity index (χ1) is 13.9. The largest absolute Gasteiger partial charge is 0.496 e.